The lowest BCUT2D eigenvalue weighted by atomic mass is 10.2. The van der Waals surface area contributed by atoms with Gasteiger partial charge in [-0.2, -0.15) is 8.42 Å². The molecule has 8 nitrogen and oxygen atoms in total. The van der Waals surface area contributed by atoms with Gasteiger partial charge in [-0.1, -0.05) is 11.3 Å². The van der Waals surface area contributed by atoms with Gasteiger partial charge in [-0.15, -0.1) is 5.10 Å². The third-order valence-electron chi connectivity index (χ3n) is 2.35. The molecule has 2 N–H and O–H groups in total. The molecule has 0 saturated heterocycles. The molecule has 2 aromatic rings. The number of halogens is 1. The van der Waals surface area contributed by atoms with E-state index in [1.165, 1.54) is 31.3 Å². The van der Waals surface area contributed by atoms with Gasteiger partial charge in [-0.05, 0) is 34.1 Å². The molecule has 0 radical (unpaired) electrons. The quantitative estimate of drug-likeness (QED) is 0.842. The highest BCUT2D eigenvalue weighted by Crippen LogP contribution is 2.21. The summed E-state index contributed by atoms with van der Waals surface area (Å²) in [5.74, 6) is -1.14. The first kappa shape index (κ1) is 14.5. The molecule has 106 valence electrons. The Morgan fingerprint density at radius 3 is 2.70 bits per heavy atom. The summed E-state index contributed by atoms with van der Waals surface area (Å²) in [7, 11) is -2.50. The van der Waals surface area contributed by atoms with Gasteiger partial charge in [-0.3, -0.25) is 4.72 Å². The van der Waals surface area contributed by atoms with Gasteiger partial charge >= 0.3 is 5.97 Å². The second-order valence-corrected chi connectivity index (χ2v) is 6.15. The minimum absolute atomic E-state index is 0.0209. The highest BCUT2D eigenvalue weighted by atomic mass is 79.9. The molecular formula is C10H9BrN4O4S. The van der Waals surface area contributed by atoms with Crippen LogP contribution in [-0.2, 0) is 17.1 Å². The Morgan fingerprint density at radius 1 is 1.45 bits per heavy atom. The van der Waals surface area contributed by atoms with Crippen molar-refractivity contribution in [2.75, 3.05) is 4.72 Å². The summed E-state index contributed by atoms with van der Waals surface area (Å²) in [6.45, 7) is 0. The zero-order valence-corrected chi connectivity index (χ0v) is 12.5. The number of carboxylic acid groups (broad SMARTS) is 1. The van der Waals surface area contributed by atoms with Crippen molar-refractivity contribution in [2.45, 2.75) is 5.03 Å². The van der Waals surface area contributed by atoms with E-state index >= 15 is 0 Å². The first-order valence-corrected chi connectivity index (χ1v) is 7.50. The molecular weight excluding hydrogens is 352 g/mol. The Hall–Kier alpha value is -1.94. The Balaban J connectivity index is 2.39. The number of rotatable bonds is 4. The van der Waals surface area contributed by atoms with E-state index in [1.54, 1.807) is 0 Å². The van der Waals surface area contributed by atoms with Crippen LogP contribution < -0.4 is 4.72 Å². The van der Waals surface area contributed by atoms with Gasteiger partial charge in [0.1, 0.15) is 0 Å². The topological polar surface area (TPSA) is 114 Å². The molecule has 0 spiro atoms. The average Bonchev–Trinajstić information content (AvgIpc) is 2.69. The highest BCUT2D eigenvalue weighted by molar-refractivity contribution is 9.10. The van der Waals surface area contributed by atoms with Crippen molar-refractivity contribution in [3.8, 4) is 0 Å². The fraction of sp³-hybridized carbons (Fsp3) is 0.100. The lowest BCUT2D eigenvalue weighted by molar-refractivity contribution is 0.0697. The Bertz CT molecular complexity index is 752. The van der Waals surface area contributed by atoms with Gasteiger partial charge in [-0.25, -0.2) is 9.48 Å². The number of aryl methyl sites for hydroxylation is 1. The number of sulfonamides is 1. The van der Waals surface area contributed by atoms with Crippen molar-refractivity contribution >= 4 is 37.6 Å². The molecule has 0 aliphatic rings. The van der Waals surface area contributed by atoms with Crippen LogP contribution in [0.2, 0.25) is 0 Å². The van der Waals surface area contributed by atoms with Gasteiger partial charge in [0.15, 0.2) is 4.60 Å². The van der Waals surface area contributed by atoms with E-state index in [2.05, 4.69) is 31.0 Å². The summed E-state index contributed by atoms with van der Waals surface area (Å²) in [5, 5.41) is 15.9. The number of hydrogen-bond donors (Lipinski definition) is 2. The zero-order chi connectivity index (χ0) is 14.9. The maximum atomic E-state index is 12.2. The molecule has 2 rings (SSSR count). The Labute approximate surface area is 122 Å². The van der Waals surface area contributed by atoms with Gasteiger partial charge in [0.25, 0.3) is 10.0 Å². The van der Waals surface area contributed by atoms with Gasteiger partial charge in [0, 0.05) is 12.7 Å². The number of nitrogens with zero attached hydrogens (tertiary/aromatic N) is 3. The number of aromatic nitrogens is 3. The lowest BCUT2D eigenvalue weighted by Crippen LogP contribution is -2.17. The van der Waals surface area contributed by atoms with Crippen molar-refractivity contribution < 1.29 is 18.3 Å². The van der Waals surface area contributed by atoms with Crippen molar-refractivity contribution in [3.05, 3.63) is 34.4 Å². The molecule has 0 fully saturated rings. The molecule has 1 heterocycles. The molecule has 10 heteroatoms. The third kappa shape index (κ3) is 2.80. The SMILES string of the molecule is Cn1nnc(Br)c1S(=O)(=O)Nc1cccc(C(=O)O)c1. The first-order valence-electron chi connectivity index (χ1n) is 5.22. The van der Waals surface area contributed by atoms with Crippen LogP contribution in [0.5, 0.6) is 0 Å². The molecule has 1 aromatic carbocycles. The Morgan fingerprint density at radius 2 is 2.15 bits per heavy atom. The number of nitrogens with one attached hydrogen (secondary N) is 1. The lowest BCUT2D eigenvalue weighted by Gasteiger charge is -2.08. The molecule has 0 saturated carbocycles. The number of benzene rings is 1. The van der Waals surface area contributed by atoms with Gasteiger partial charge in [0.05, 0.1) is 5.56 Å². The zero-order valence-electron chi connectivity index (χ0n) is 10.1. The van der Waals surface area contributed by atoms with E-state index in [0.29, 0.717) is 0 Å². The molecule has 0 aliphatic heterocycles. The average molecular weight is 361 g/mol. The van der Waals surface area contributed by atoms with Crippen LogP contribution in [-0.4, -0.2) is 34.5 Å². The van der Waals surface area contributed by atoms with Crippen molar-refractivity contribution in [2.24, 2.45) is 7.05 Å². The van der Waals surface area contributed by atoms with Gasteiger partial charge < -0.3 is 5.11 Å². The Kier molecular flexibility index (Phi) is 3.77. The molecule has 0 atom stereocenters. The third-order valence-corrected chi connectivity index (χ3v) is 4.62. The summed E-state index contributed by atoms with van der Waals surface area (Å²) in [4.78, 5) is 10.8. The minimum Gasteiger partial charge on any atom is -0.478 e. The largest absolute Gasteiger partial charge is 0.478 e. The summed E-state index contributed by atoms with van der Waals surface area (Å²) < 4.78 is 27.8. The van der Waals surface area contributed by atoms with Crippen molar-refractivity contribution in [3.63, 3.8) is 0 Å². The van der Waals surface area contributed by atoms with Crippen LogP contribution in [0.4, 0.5) is 5.69 Å². The van der Waals surface area contributed by atoms with Crippen LogP contribution in [0.25, 0.3) is 0 Å². The minimum atomic E-state index is -3.93. The maximum Gasteiger partial charge on any atom is 0.335 e. The number of carboxylic acids is 1. The fourth-order valence-corrected chi connectivity index (χ4v) is 3.67. The van der Waals surface area contributed by atoms with Crippen LogP contribution in [0.3, 0.4) is 0 Å². The van der Waals surface area contributed by atoms with E-state index < -0.39 is 16.0 Å². The predicted molar refractivity (Wildman–Crippen MR) is 72.9 cm³/mol. The summed E-state index contributed by atoms with van der Waals surface area (Å²) in [6, 6.07) is 5.47. The van der Waals surface area contributed by atoms with Crippen molar-refractivity contribution in [1.29, 1.82) is 0 Å². The fourth-order valence-electron chi connectivity index (χ4n) is 1.53. The second kappa shape index (κ2) is 5.21. The standard InChI is InChI=1S/C10H9BrN4O4S/c1-15-9(8(11)12-14-15)20(18,19)13-7-4-2-3-6(5-7)10(16)17/h2-5,13H,1H3,(H,16,17). The number of aromatic carboxylic acids is 1. The maximum absolute atomic E-state index is 12.2. The van der Waals surface area contributed by atoms with E-state index in [1.807, 2.05) is 0 Å². The normalized spacial score (nSPS) is 11.3. The van der Waals surface area contributed by atoms with Crippen molar-refractivity contribution in [1.82, 2.24) is 15.0 Å². The summed E-state index contributed by atoms with van der Waals surface area (Å²) in [6.07, 6.45) is 0. The van der Waals surface area contributed by atoms with E-state index in [4.69, 9.17) is 5.11 Å². The number of carbonyl (C=O) groups is 1. The van der Waals surface area contributed by atoms with Gasteiger partial charge in [0.2, 0.25) is 5.03 Å². The molecule has 1 aromatic heterocycles. The van der Waals surface area contributed by atoms with Crippen LogP contribution >= 0.6 is 15.9 Å². The first-order chi connectivity index (χ1) is 9.31. The monoisotopic (exact) mass is 360 g/mol. The van der Waals surface area contributed by atoms with Crippen LogP contribution in [0.1, 0.15) is 10.4 Å². The summed E-state index contributed by atoms with van der Waals surface area (Å²) in [5.41, 5.74) is 0.116. The molecule has 0 unspecified atom stereocenters. The highest BCUT2D eigenvalue weighted by Gasteiger charge is 2.24. The number of anilines is 1. The van der Waals surface area contributed by atoms with Crippen LogP contribution in [0.15, 0.2) is 33.9 Å². The molecule has 20 heavy (non-hydrogen) atoms. The van der Waals surface area contributed by atoms with E-state index in [9.17, 15) is 13.2 Å². The molecule has 0 aliphatic carbocycles. The van der Waals surface area contributed by atoms with E-state index in [0.717, 1.165) is 4.68 Å². The second-order valence-electron chi connectivity index (χ2n) is 3.80. The smallest absolute Gasteiger partial charge is 0.335 e. The van der Waals surface area contributed by atoms with Crippen LogP contribution in [0, 0.1) is 0 Å². The molecule has 0 bridgehead atoms. The molecule has 0 amide bonds. The summed E-state index contributed by atoms with van der Waals surface area (Å²) >= 11 is 3.00. The number of hydrogen-bond acceptors (Lipinski definition) is 5. The van der Waals surface area contributed by atoms with E-state index in [-0.39, 0.29) is 20.9 Å². The predicted octanol–water partition coefficient (Wildman–Crippen LogP) is 1.08.